The number of carbonyl (C=O) groups is 3. The molecule has 35 heavy (non-hydrogen) atoms. The minimum Gasteiger partial charge on any atom is -0.299 e. The molecule has 2 atom stereocenters. The zero-order valence-electron chi connectivity index (χ0n) is 20.9. The van der Waals surface area contributed by atoms with E-state index in [0.29, 0.717) is 45.1 Å². The van der Waals surface area contributed by atoms with Gasteiger partial charge in [0.15, 0.2) is 11.6 Å². The number of ketones is 3. The van der Waals surface area contributed by atoms with Crippen LogP contribution in [0.4, 0.5) is 4.39 Å². The van der Waals surface area contributed by atoms with Gasteiger partial charge in [-0.2, -0.15) is 5.11 Å². The molecule has 7 nitrogen and oxygen atoms in total. The van der Waals surface area contributed by atoms with Crippen LogP contribution < -0.4 is 0 Å². The predicted octanol–water partition coefficient (Wildman–Crippen LogP) is 5.41. The van der Waals surface area contributed by atoms with E-state index >= 15 is 0 Å². The van der Waals surface area contributed by atoms with Crippen molar-refractivity contribution in [3.63, 3.8) is 0 Å². The summed E-state index contributed by atoms with van der Waals surface area (Å²) in [6, 6.07) is 6.11. The quantitative estimate of drug-likeness (QED) is 0.519. The Morgan fingerprint density at radius 1 is 1.17 bits per heavy atom. The number of halogens is 1. The van der Waals surface area contributed by atoms with Crippen LogP contribution in [-0.2, 0) is 14.4 Å². The molecule has 3 rings (SSSR count). The molecule has 188 valence electrons. The average Bonchev–Trinajstić information content (AvgIpc) is 2.86. The van der Waals surface area contributed by atoms with E-state index in [-0.39, 0.29) is 60.1 Å². The first-order chi connectivity index (χ1) is 16.8. The van der Waals surface area contributed by atoms with Crippen molar-refractivity contribution < 1.29 is 18.8 Å². The van der Waals surface area contributed by atoms with Crippen LogP contribution in [0.3, 0.4) is 0 Å². The molecule has 2 aliphatic rings. The Labute approximate surface area is 206 Å². The normalized spacial score (nSPS) is 22.2. The van der Waals surface area contributed by atoms with Gasteiger partial charge in [-0.3, -0.25) is 24.4 Å². The van der Waals surface area contributed by atoms with Crippen molar-refractivity contribution in [3.8, 4) is 0 Å². The number of aliphatic imine (C=N–C) groups is 1. The second-order valence-electron chi connectivity index (χ2n) is 9.42. The van der Waals surface area contributed by atoms with Crippen LogP contribution in [0.1, 0.15) is 76.7 Å². The van der Waals surface area contributed by atoms with Gasteiger partial charge in [-0.25, -0.2) is 4.39 Å². The zero-order chi connectivity index (χ0) is 25.4. The molecule has 0 bridgehead atoms. The molecule has 0 saturated carbocycles. The van der Waals surface area contributed by atoms with E-state index < -0.39 is 0 Å². The van der Waals surface area contributed by atoms with Gasteiger partial charge in [0.1, 0.15) is 17.3 Å². The Morgan fingerprint density at radius 3 is 2.60 bits per heavy atom. The fourth-order valence-electron chi connectivity index (χ4n) is 4.78. The first-order valence-electron chi connectivity index (χ1n) is 12.5. The largest absolute Gasteiger partial charge is 0.299 e. The maximum Gasteiger partial charge on any atom is 0.184 e. The second kappa shape index (κ2) is 12.6. The summed E-state index contributed by atoms with van der Waals surface area (Å²) < 4.78 is 13.4. The summed E-state index contributed by atoms with van der Waals surface area (Å²) in [5.41, 5.74) is 3.04. The lowest BCUT2D eigenvalue weighted by molar-refractivity contribution is -0.124. The molecule has 2 aliphatic heterocycles. The minimum atomic E-state index is -0.340. The fraction of sp³-hybridized carbons (Fsp3) is 0.556. The van der Waals surface area contributed by atoms with Crippen molar-refractivity contribution >= 4 is 23.1 Å². The van der Waals surface area contributed by atoms with E-state index in [1.165, 1.54) is 12.1 Å². The molecule has 1 aromatic carbocycles. The summed E-state index contributed by atoms with van der Waals surface area (Å²) in [5, 5.41) is 9.82. The standard InChI is InChI=1S/C27H35FN4O3/c1-4-19-14-15-29-27(24(33)7-5-6-23-18(2)17-30-31-32(23)3)25(34)13-10-21(16-26(19)35)20-8-11-22(28)12-9-20/h8-9,11-12,19,21H,4-7,10,13-17H2,1-3H3. The van der Waals surface area contributed by atoms with Gasteiger partial charge in [-0.05, 0) is 68.2 Å². The van der Waals surface area contributed by atoms with Crippen molar-refractivity contribution in [2.75, 3.05) is 20.1 Å². The molecule has 1 aromatic rings. The number of rotatable bonds is 7. The topological polar surface area (TPSA) is 91.5 Å². The number of nitrogens with zero attached hydrogens (tertiary/aromatic N) is 4. The minimum absolute atomic E-state index is 0.0226. The van der Waals surface area contributed by atoms with Crippen LogP contribution in [0.5, 0.6) is 0 Å². The van der Waals surface area contributed by atoms with Crippen molar-refractivity contribution in [2.24, 2.45) is 21.2 Å². The van der Waals surface area contributed by atoms with Gasteiger partial charge in [-0.1, -0.05) is 24.3 Å². The summed E-state index contributed by atoms with van der Waals surface area (Å²) in [7, 11) is 1.84. The Balaban J connectivity index is 1.72. The maximum absolute atomic E-state index is 13.4. The fourth-order valence-corrected chi connectivity index (χ4v) is 4.78. The van der Waals surface area contributed by atoms with E-state index in [2.05, 4.69) is 15.3 Å². The summed E-state index contributed by atoms with van der Waals surface area (Å²) >= 11 is 0. The first-order valence-corrected chi connectivity index (χ1v) is 12.5. The van der Waals surface area contributed by atoms with E-state index in [1.54, 1.807) is 17.1 Å². The summed E-state index contributed by atoms with van der Waals surface area (Å²) in [6.45, 7) is 4.82. The van der Waals surface area contributed by atoms with Crippen molar-refractivity contribution in [1.82, 2.24) is 5.01 Å². The van der Waals surface area contributed by atoms with Crippen LogP contribution in [-0.4, -0.2) is 48.2 Å². The number of Topliss-reactive ketones (excluding diaryl/α,β-unsaturated/α-hetero) is 3. The number of carbonyl (C=O) groups excluding carboxylic acids is 3. The smallest absolute Gasteiger partial charge is 0.184 e. The molecule has 0 spiro atoms. The number of allylic oxidation sites excluding steroid dienone is 1. The van der Waals surface area contributed by atoms with Crippen LogP contribution in [0.25, 0.3) is 0 Å². The molecule has 0 fully saturated rings. The molecule has 2 unspecified atom stereocenters. The van der Waals surface area contributed by atoms with Gasteiger partial charge in [0.05, 0.1) is 6.54 Å². The monoisotopic (exact) mass is 482 g/mol. The highest BCUT2D eigenvalue weighted by molar-refractivity contribution is 6.66. The molecule has 0 N–H and O–H groups in total. The van der Waals surface area contributed by atoms with Crippen molar-refractivity contribution in [2.45, 2.75) is 71.1 Å². The highest BCUT2D eigenvalue weighted by Gasteiger charge is 2.27. The first kappa shape index (κ1) is 26.6. The molecule has 0 aromatic heterocycles. The van der Waals surface area contributed by atoms with Crippen molar-refractivity contribution in [3.05, 3.63) is 46.9 Å². The lowest BCUT2D eigenvalue weighted by Gasteiger charge is -2.22. The lowest BCUT2D eigenvalue weighted by Crippen LogP contribution is -2.25. The SMILES string of the molecule is CCC1CCN=C(C(=O)CCCC2=C(C)CN=NN2C)C(=O)CCC(c2ccc(F)cc2)CC1=O. The molecular weight excluding hydrogens is 447 g/mol. The molecular formula is C27H35FN4O3. The maximum atomic E-state index is 13.4. The van der Waals surface area contributed by atoms with Crippen LogP contribution in [0, 0.1) is 11.7 Å². The van der Waals surface area contributed by atoms with Crippen LogP contribution in [0.15, 0.2) is 50.9 Å². The van der Waals surface area contributed by atoms with Gasteiger partial charge >= 0.3 is 0 Å². The molecule has 2 heterocycles. The Morgan fingerprint density at radius 2 is 1.91 bits per heavy atom. The molecule has 8 heteroatoms. The average molecular weight is 483 g/mol. The van der Waals surface area contributed by atoms with E-state index in [1.807, 2.05) is 20.9 Å². The third-order valence-electron chi connectivity index (χ3n) is 6.94. The van der Waals surface area contributed by atoms with Gasteiger partial charge in [0.25, 0.3) is 0 Å². The molecule has 0 aliphatic carbocycles. The molecule has 0 radical (unpaired) electrons. The highest BCUT2D eigenvalue weighted by atomic mass is 19.1. The van der Waals surface area contributed by atoms with Gasteiger partial charge in [-0.15, -0.1) is 0 Å². The van der Waals surface area contributed by atoms with Crippen molar-refractivity contribution in [1.29, 1.82) is 0 Å². The lowest BCUT2D eigenvalue weighted by atomic mass is 9.84. The Hall–Kier alpha value is -3.03. The van der Waals surface area contributed by atoms with E-state index in [9.17, 15) is 18.8 Å². The summed E-state index contributed by atoms with van der Waals surface area (Å²) in [6.07, 6.45) is 3.53. The van der Waals surface area contributed by atoms with Gasteiger partial charge in [0, 0.05) is 44.5 Å². The van der Waals surface area contributed by atoms with Gasteiger partial charge < -0.3 is 0 Å². The second-order valence-corrected chi connectivity index (χ2v) is 9.42. The third kappa shape index (κ3) is 7.23. The number of benzene rings is 1. The molecule has 0 saturated heterocycles. The Kier molecular flexibility index (Phi) is 9.57. The molecule has 0 amide bonds. The summed E-state index contributed by atoms with van der Waals surface area (Å²) in [4.78, 5) is 43.5. The zero-order valence-corrected chi connectivity index (χ0v) is 20.9. The third-order valence-corrected chi connectivity index (χ3v) is 6.94. The predicted molar refractivity (Wildman–Crippen MR) is 133 cm³/mol. The van der Waals surface area contributed by atoms with E-state index in [4.69, 9.17) is 0 Å². The van der Waals surface area contributed by atoms with E-state index in [0.717, 1.165) is 16.8 Å². The van der Waals surface area contributed by atoms with Gasteiger partial charge in [0.2, 0.25) is 0 Å². The highest BCUT2D eigenvalue weighted by Crippen LogP contribution is 2.29. The summed E-state index contributed by atoms with van der Waals surface area (Å²) in [5.74, 6) is -1.09. The van der Waals surface area contributed by atoms with Crippen LogP contribution >= 0.6 is 0 Å². The number of hydrogen-bond acceptors (Lipinski definition) is 7. The number of hydrogen-bond donors (Lipinski definition) is 0. The van der Waals surface area contributed by atoms with Crippen LogP contribution in [0.2, 0.25) is 0 Å². The Bertz CT molecular complexity index is 1030.